The summed E-state index contributed by atoms with van der Waals surface area (Å²) < 4.78 is 0.745. The number of thiophene rings is 1. The number of halogens is 2. The fourth-order valence-electron chi connectivity index (χ4n) is 1.04. The third kappa shape index (κ3) is 1.85. The molecule has 4 heteroatoms. The molecule has 13 heavy (non-hydrogen) atoms. The van der Waals surface area contributed by atoms with Crippen LogP contribution in [-0.4, -0.2) is 4.98 Å². The molecule has 2 aromatic heterocycles. The first-order valence-corrected chi connectivity index (χ1v) is 5.27. The van der Waals surface area contributed by atoms with E-state index >= 15 is 0 Å². The Kier molecular flexibility index (Phi) is 2.54. The van der Waals surface area contributed by atoms with Gasteiger partial charge in [-0.3, -0.25) is 0 Å². The molecule has 0 aliphatic carbocycles. The zero-order valence-electron chi connectivity index (χ0n) is 6.50. The summed E-state index contributed by atoms with van der Waals surface area (Å²) in [4.78, 5) is 4.16. The molecule has 0 aromatic carbocycles. The Labute approximate surface area is 90.0 Å². The van der Waals surface area contributed by atoms with Crippen molar-refractivity contribution in [2.24, 2.45) is 0 Å². The van der Waals surface area contributed by atoms with Gasteiger partial charge >= 0.3 is 0 Å². The van der Waals surface area contributed by atoms with Crippen molar-refractivity contribution in [3.63, 3.8) is 0 Å². The second-order valence-electron chi connectivity index (χ2n) is 2.45. The standard InChI is InChI=1S/C9H5Cl2NS/c10-8-3-1-2-7(12-8)6-4-5-13-9(6)11/h1-5H. The maximum absolute atomic E-state index is 5.96. The third-order valence-electron chi connectivity index (χ3n) is 1.61. The molecule has 0 N–H and O–H groups in total. The van der Waals surface area contributed by atoms with E-state index in [0.29, 0.717) is 5.15 Å². The Morgan fingerprint density at radius 2 is 2.00 bits per heavy atom. The van der Waals surface area contributed by atoms with E-state index in [9.17, 15) is 0 Å². The van der Waals surface area contributed by atoms with Crippen LogP contribution < -0.4 is 0 Å². The summed E-state index contributed by atoms with van der Waals surface area (Å²) in [5.74, 6) is 0. The molecule has 0 amide bonds. The molecule has 0 aliphatic rings. The van der Waals surface area contributed by atoms with Gasteiger partial charge in [0.1, 0.15) is 9.49 Å². The van der Waals surface area contributed by atoms with Gasteiger partial charge in [-0.1, -0.05) is 29.3 Å². The molecule has 0 radical (unpaired) electrons. The van der Waals surface area contributed by atoms with Crippen molar-refractivity contribution in [2.75, 3.05) is 0 Å². The van der Waals surface area contributed by atoms with Crippen LogP contribution in [0.1, 0.15) is 0 Å². The second-order valence-corrected chi connectivity index (χ2v) is 4.36. The lowest BCUT2D eigenvalue weighted by molar-refractivity contribution is 1.33. The average Bonchev–Trinajstić information content (AvgIpc) is 2.51. The number of hydrogen-bond donors (Lipinski definition) is 0. The highest BCUT2D eigenvalue weighted by atomic mass is 35.5. The first kappa shape index (κ1) is 9.00. The van der Waals surface area contributed by atoms with Gasteiger partial charge in [-0.05, 0) is 23.6 Å². The van der Waals surface area contributed by atoms with E-state index in [2.05, 4.69) is 4.98 Å². The van der Waals surface area contributed by atoms with Gasteiger partial charge in [0.15, 0.2) is 0 Å². The van der Waals surface area contributed by atoms with Gasteiger partial charge in [0.05, 0.1) is 5.69 Å². The number of hydrogen-bond acceptors (Lipinski definition) is 2. The van der Waals surface area contributed by atoms with Crippen LogP contribution in [0.5, 0.6) is 0 Å². The van der Waals surface area contributed by atoms with Crippen molar-refractivity contribution in [3.05, 3.63) is 39.1 Å². The van der Waals surface area contributed by atoms with Gasteiger partial charge in [0, 0.05) is 5.56 Å². The molecular weight excluding hydrogens is 225 g/mol. The maximum Gasteiger partial charge on any atom is 0.129 e. The predicted molar refractivity (Wildman–Crippen MR) is 57.6 cm³/mol. The number of rotatable bonds is 1. The van der Waals surface area contributed by atoms with E-state index in [1.54, 1.807) is 6.07 Å². The summed E-state index contributed by atoms with van der Waals surface area (Å²) in [5, 5.41) is 2.42. The average molecular weight is 230 g/mol. The first-order valence-electron chi connectivity index (χ1n) is 3.63. The zero-order valence-corrected chi connectivity index (χ0v) is 8.83. The molecule has 2 heterocycles. The Bertz CT molecular complexity index is 425. The summed E-state index contributed by atoms with van der Waals surface area (Å²) >= 11 is 13.2. The monoisotopic (exact) mass is 229 g/mol. The molecule has 1 nitrogen and oxygen atoms in total. The van der Waals surface area contributed by atoms with Crippen molar-refractivity contribution >= 4 is 34.5 Å². The number of pyridine rings is 1. The van der Waals surface area contributed by atoms with E-state index in [-0.39, 0.29) is 0 Å². The first-order chi connectivity index (χ1) is 6.27. The molecule has 0 fully saturated rings. The molecule has 0 saturated heterocycles. The number of aromatic nitrogens is 1. The van der Waals surface area contributed by atoms with Gasteiger partial charge in [0.25, 0.3) is 0 Å². The highest BCUT2D eigenvalue weighted by molar-refractivity contribution is 7.15. The van der Waals surface area contributed by atoms with E-state index in [1.807, 2.05) is 23.6 Å². The highest BCUT2D eigenvalue weighted by Crippen LogP contribution is 2.31. The van der Waals surface area contributed by atoms with Gasteiger partial charge in [0.2, 0.25) is 0 Å². The van der Waals surface area contributed by atoms with Gasteiger partial charge in [-0.2, -0.15) is 0 Å². The van der Waals surface area contributed by atoms with E-state index in [0.717, 1.165) is 15.6 Å². The Morgan fingerprint density at radius 1 is 1.15 bits per heavy atom. The lowest BCUT2D eigenvalue weighted by Crippen LogP contribution is -1.80. The van der Waals surface area contributed by atoms with Crippen LogP contribution in [0.4, 0.5) is 0 Å². The maximum atomic E-state index is 5.96. The van der Waals surface area contributed by atoms with Crippen LogP contribution in [0.25, 0.3) is 11.3 Å². The molecule has 0 bridgehead atoms. The van der Waals surface area contributed by atoms with Crippen molar-refractivity contribution in [1.29, 1.82) is 0 Å². The fourth-order valence-corrected chi connectivity index (χ4v) is 2.14. The minimum absolute atomic E-state index is 0.486. The van der Waals surface area contributed by atoms with Gasteiger partial charge in [-0.25, -0.2) is 4.98 Å². The van der Waals surface area contributed by atoms with Gasteiger partial charge in [-0.15, -0.1) is 11.3 Å². The normalized spacial score (nSPS) is 10.3. The molecule has 0 atom stereocenters. The molecule has 2 aromatic rings. The summed E-state index contributed by atoms with van der Waals surface area (Å²) in [6, 6.07) is 7.43. The third-order valence-corrected chi connectivity index (χ3v) is 2.99. The minimum atomic E-state index is 0.486. The molecule has 66 valence electrons. The highest BCUT2D eigenvalue weighted by Gasteiger charge is 2.05. The Hall–Kier alpha value is -0.570. The molecular formula is C9H5Cl2NS. The largest absolute Gasteiger partial charge is 0.236 e. The zero-order chi connectivity index (χ0) is 9.26. The molecule has 2 rings (SSSR count). The van der Waals surface area contributed by atoms with Crippen LogP contribution in [0.3, 0.4) is 0 Å². The van der Waals surface area contributed by atoms with E-state index < -0.39 is 0 Å². The van der Waals surface area contributed by atoms with Crippen molar-refractivity contribution < 1.29 is 0 Å². The Balaban J connectivity index is 2.53. The van der Waals surface area contributed by atoms with E-state index in [1.165, 1.54) is 11.3 Å². The summed E-state index contributed by atoms with van der Waals surface area (Å²) in [7, 11) is 0. The van der Waals surface area contributed by atoms with Crippen LogP contribution in [0.15, 0.2) is 29.6 Å². The lowest BCUT2D eigenvalue weighted by atomic mass is 10.2. The van der Waals surface area contributed by atoms with Crippen LogP contribution in [-0.2, 0) is 0 Å². The van der Waals surface area contributed by atoms with Crippen molar-refractivity contribution in [3.8, 4) is 11.3 Å². The van der Waals surface area contributed by atoms with Crippen LogP contribution >= 0.6 is 34.5 Å². The molecule has 0 spiro atoms. The smallest absolute Gasteiger partial charge is 0.129 e. The SMILES string of the molecule is Clc1cccc(-c2ccsc2Cl)n1. The summed E-state index contributed by atoms with van der Waals surface area (Å²) in [5.41, 5.74) is 1.76. The summed E-state index contributed by atoms with van der Waals surface area (Å²) in [6.07, 6.45) is 0. The van der Waals surface area contributed by atoms with Crippen LogP contribution in [0, 0.1) is 0 Å². The van der Waals surface area contributed by atoms with Crippen molar-refractivity contribution in [1.82, 2.24) is 4.98 Å². The molecule has 0 saturated carbocycles. The van der Waals surface area contributed by atoms with E-state index in [4.69, 9.17) is 23.2 Å². The minimum Gasteiger partial charge on any atom is -0.236 e. The number of nitrogens with zero attached hydrogens (tertiary/aromatic N) is 1. The lowest BCUT2D eigenvalue weighted by Gasteiger charge is -1.97. The van der Waals surface area contributed by atoms with Crippen molar-refractivity contribution in [2.45, 2.75) is 0 Å². The topological polar surface area (TPSA) is 12.9 Å². The predicted octanol–water partition coefficient (Wildman–Crippen LogP) is 4.12. The van der Waals surface area contributed by atoms with Gasteiger partial charge < -0.3 is 0 Å². The quantitative estimate of drug-likeness (QED) is 0.671. The van der Waals surface area contributed by atoms with Crippen LogP contribution in [0.2, 0.25) is 9.49 Å². The summed E-state index contributed by atoms with van der Waals surface area (Å²) in [6.45, 7) is 0. The Morgan fingerprint density at radius 3 is 2.62 bits per heavy atom. The fraction of sp³-hybridized carbons (Fsp3) is 0. The molecule has 0 aliphatic heterocycles. The molecule has 0 unspecified atom stereocenters. The second kappa shape index (κ2) is 3.66.